The zero-order valence-corrected chi connectivity index (χ0v) is 13.1. The van der Waals surface area contributed by atoms with Crippen molar-refractivity contribution in [1.82, 2.24) is 15.0 Å². The minimum Gasteiger partial charge on any atom is -0.313 e. The van der Waals surface area contributed by atoms with E-state index in [0.29, 0.717) is 12.6 Å². The number of hydrogen-bond donors (Lipinski definition) is 2. The molecule has 0 saturated heterocycles. The van der Waals surface area contributed by atoms with Gasteiger partial charge in [-0.3, -0.25) is 0 Å². The van der Waals surface area contributed by atoms with Gasteiger partial charge in [-0.05, 0) is 33.6 Å². The number of rotatable bonds is 7. The lowest BCUT2D eigenvalue weighted by Gasteiger charge is -2.26. The minimum absolute atomic E-state index is 0.452. The van der Waals surface area contributed by atoms with Crippen LogP contribution in [0.25, 0.3) is 0 Å². The first-order chi connectivity index (χ1) is 8.81. The Labute approximate surface area is 118 Å². The molecule has 0 radical (unpaired) electrons. The summed E-state index contributed by atoms with van der Waals surface area (Å²) in [6.45, 7) is 5.90. The van der Waals surface area contributed by atoms with Crippen molar-refractivity contribution >= 4 is 21.4 Å². The van der Waals surface area contributed by atoms with Gasteiger partial charge in [-0.1, -0.05) is 0 Å². The monoisotopic (exact) mass is 303 g/mol. The number of nitrogens with one attached hydrogen (secondary N) is 2. The lowest BCUT2D eigenvalue weighted by molar-refractivity contribution is 0.462. The Morgan fingerprint density at radius 3 is 2.74 bits per heavy atom. The molecule has 1 aliphatic rings. The van der Waals surface area contributed by atoms with Crippen molar-refractivity contribution in [3.8, 4) is 0 Å². The maximum absolute atomic E-state index is 12.3. The smallest absolute Gasteiger partial charge is 0.216 e. The topological polar surface area (TPSA) is 71.1 Å². The van der Waals surface area contributed by atoms with Gasteiger partial charge < -0.3 is 5.32 Å². The van der Waals surface area contributed by atoms with Crippen molar-refractivity contribution in [1.29, 1.82) is 0 Å². The van der Waals surface area contributed by atoms with Crippen LogP contribution in [-0.2, 0) is 15.6 Å². The molecule has 0 aliphatic heterocycles. The average Bonchev–Trinajstić information content (AvgIpc) is 2.94. The molecule has 1 unspecified atom stereocenters. The molecule has 1 aliphatic carbocycles. The van der Waals surface area contributed by atoms with Crippen LogP contribution < -0.4 is 10.0 Å². The van der Waals surface area contributed by atoms with Crippen LogP contribution in [0.3, 0.4) is 0 Å². The highest BCUT2D eigenvalue weighted by Gasteiger charge is 2.33. The number of aromatic nitrogens is 1. The predicted molar refractivity (Wildman–Crippen MR) is 77.7 cm³/mol. The van der Waals surface area contributed by atoms with Gasteiger partial charge in [0.1, 0.15) is 5.01 Å². The number of sulfonamides is 1. The summed E-state index contributed by atoms with van der Waals surface area (Å²) in [5.41, 5.74) is -0.666. The van der Waals surface area contributed by atoms with Crippen LogP contribution in [0.5, 0.6) is 0 Å². The van der Waals surface area contributed by atoms with Gasteiger partial charge in [0.2, 0.25) is 10.0 Å². The number of thiazole rings is 1. The molecule has 0 bridgehead atoms. The first kappa shape index (κ1) is 14.9. The fraction of sp³-hybridized carbons (Fsp3) is 0.750. The Bertz CT molecular complexity index is 507. The highest BCUT2D eigenvalue weighted by molar-refractivity contribution is 7.90. The number of nitrogens with zero attached hydrogens (tertiary/aromatic N) is 1. The lowest BCUT2D eigenvalue weighted by Crippen LogP contribution is -2.47. The summed E-state index contributed by atoms with van der Waals surface area (Å²) in [6.07, 6.45) is 4.00. The Morgan fingerprint density at radius 1 is 1.53 bits per heavy atom. The molecular weight excluding hydrogens is 282 g/mol. The largest absolute Gasteiger partial charge is 0.313 e. The summed E-state index contributed by atoms with van der Waals surface area (Å²) in [4.78, 5) is 4.19. The zero-order valence-electron chi connectivity index (χ0n) is 11.5. The molecule has 19 heavy (non-hydrogen) atoms. The first-order valence-electron chi connectivity index (χ1n) is 6.47. The quantitative estimate of drug-likeness (QED) is 0.799. The van der Waals surface area contributed by atoms with Crippen molar-refractivity contribution in [2.45, 2.75) is 50.4 Å². The van der Waals surface area contributed by atoms with Gasteiger partial charge >= 0.3 is 0 Å². The fourth-order valence-electron chi connectivity index (χ4n) is 1.76. The summed E-state index contributed by atoms with van der Waals surface area (Å²) >= 11 is 1.46. The van der Waals surface area contributed by atoms with Crippen molar-refractivity contribution < 1.29 is 8.42 Å². The minimum atomic E-state index is -3.36. The Hall–Kier alpha value is -0.500. The van der Waals surface area contributed by atoms with Crippen LogP contribution in [0.4, 0.5) is 0 Å². The molecule has 0 aromatic carbocycles. The SMILES string of the molecule is CC(CNC1CC1)S(=O)(=O)NC(C)(C)c1nccs1. The molecule has 1 aromatic heterocycles. The molecule has 108 valence electrons. The van der Waals surface area contributed by atoms with Crippen molar-refractivity contribution in [3.63, 3.8) is 0 Å². The average molecular weight is 303 g/mol. The van der Waals surface area contributed by atoms with Crippen LogP contribution >= 0.6 is 11.3 Å². The van der Waals surface area contributed by atoms with Crippen LogP contribution in [0.15, 0.2) is 11.6 Å². The maximum Gasteiger partial charge on any atom is 0.216 e. The van der Waals surface area contributed by atoms with Gasteiger partial charge in [0.15, 0.2) is 0 Å². The van der Waals surface area contributed by atoms with Crippen molar-refractivity contribution in [3.05, 3.63) is 16.6 Å². The second kappa shape index (κ2) is 5.47. The van der Waals surface area contributed by atoms with E-state index in [-0.39, 0.29) is 0 Å². The highest BCUT2D eigenvalue weighted by atomic mass is 32.2. The third-order valence-corrected chi connectivity index (χ3v) is 6.28. The zero-order chi connectivity index (χ0) is 14.1. The van der Waals surface area contributed by atoms with Crippen LogP contribution in [-0.4, -0.2) is 31.2 Å². The molecule has 1 atom stereocenters. The molecule has 0 amide bonds. The maximum atomic E-state index is 12.3. The Balaban J connectivity index is 1.98. The molecule has 1 heterocycles. The normalized spacial score (nSPS) is 18.5. The molecule has 7 heteroatoms. The van der Waals surface area contributed by atoms with E-state index in [1.807, 2.05) is 19.2 Å². The van der Waals surface area contributed by atoms with E-state index in [4.69, 9.17) is 0 Å². The third-order valence-electron chi connectivity index (χ3n) is 3.17. The van der Waals surface area contributed by atoms with E-state index < -0.39 is 20.8 Å². The highest BCUT2D eigenvalue weighted by Crippen LogP contribution is 2.24. The molecule has 2 rings (SSSR count). The molecule has 1 saturated carbocycles. The van der Waals surface area contributed by atoms with Crippen LogP contribution in [0.2, 0.25) is 0 Å². The second-order valence-corrected chi connectivity index (χ2v) is 8.60. The summed E-state index contributed by atoms with van der Waals surface area (Å²) in [7, 11) is -3.36. The molecule has 0 spiro atoms. The summed E-state index contributed by atoms with van der Waals surface area (Å²) < 4.78 is 27.4. The second-order valence-electron chi connectivity index (χ2n) is 5.60. The van der Waals surface area contributed by atoms with Gasteiger partial charge in [0.05, 0.1) is 10.8 Å². The molecule has 1 aromatic rings. The Morgan fingerprint density at radius 2 is 2.21 bits per heavy atom. The van der Waals surface area contributed by atoms with E-state index in [9.17, 15) is 8.42 Å². The number of hydrogen-bond acceptors (Lipinski definition) is 5. The molecule has 5 nitrogen and oxygen atoms in total. The van der Waals surface area contributed by atoms with Crippen molar-refractivity contribution in [2.24, 2.45) is 0 Å². The van der Waals surface area contributed by atoms with E-state index in [0.717, 1.165) is 17.8 Å². The van der Waals surface area contributed by atoms with Gasteiger partial charge in [0, 0.05) is 24.2 Å². The molecule has 2 N–H and O–H groups in total. The van der Waals surface area contributed by atoms with E-state index in [2.05, 4.69) is 15.0 Å². The van der Waals surface area contributed by atoms with Crippen LogP contribution in [0, 0.1) is 0 Å². The Kier molecular flexibility index (Phi) is 4.29. The van der Waals surface area contributed by atoms with E-state index in [1.54, 1.807) is 13.1 Å². The van der Waals surface area contributed by atoms with Crippen LogP contribution in [0.1, 0.15) is 38.6 Å². The van der Waals surface area contributed by atoms with Gasteiger partial charge in [0.25, 0.3) is 0 Å². The lowest BCUT2D eigenvalue weighted by atomic mass is 10.1. The van der Waals surface area contributed by atoms with Gasteiger partial charge in [-0.2, -0.15) is 0 Å². The van der Waals surface area contributed by atoms with Crippen molar-refractivity contribution in [2.75, 3.05) is 6.54 Å². The predicted octanol–water partition coefficient (Wildman–Crippen LogP) is 1.44. The standard InChI is InChI=1S/C12H21N3O2S2/c1-9(8-14-10-4-5-10)19(16,17)15-12(2,3)11-13-6-7-18-11/h6-7,9-10,14-15H,4-5,8H2,1-3H3. The molecule has 1 fully saturated rings. The van der Waals surface area contributed by atoms with Gasteiger partial charge in [-0.25, -0.2) is 18.1 Å². The fourth-order valence-corrected chi connectivity index (χ4v) is 3.87. The summed E-state index contributed by atoms with van der Waals surface area (Å²) in [6, 6.07) is 0.518. The third kappa shape index (κ3) is 3.98. The first-order valence-corrected chi connectivity index (χ1v) is 8.90. The summed E-state index contributed by atoms with van der Waals surface area (Å²) in [5.74, 6) is 0. The molecular formula is C12H21N3O2S2. The summed E-state index contributed by atoms with van der Waals surface area (Å²) in [5, 5.41) is 5.43. The van der Waals surface area contributed by atoms with E-state index in [1.165, 1.54) is 11.3 Å². The van der Waals surface area contributed by atoms with Gasteiger partial charge in [-0.15, -0.1) is 11.3 Å². The van der Waals surface area contributed by atoms with E-state index >= 15 is 0 Å².